The number of anilines is 4. The van der Waals surface area contributed by atoms with Gasteiger partial charge in [-0.05, 0) is 250 Å². The molecule has 25 nitrogen and oxygen atoms in total. The molecule has 40 heteroatoms. The second-order valence-electron chi connectivity index (χ2n) is 28.5. The summed E-state index contributed by atoms with van der Waals surface area (Å²) >= 11 is 10.3. The Morgan fingerprint density at radius 2 is 0.678 bits per heavy atom. The van der Waals surface area contributed by atoms with Gasteiger partial charge in [-0.25, -0.2) is 24.2 Å². The molecular weight excluding hydrogens is 1800 g/mol. The monoisotopic (exact) mass is 1880 g/mol. The smallest absolute Gasteiger partial charge is 0.419 e. The first-order valence-corrected chi connectivity index (χ1v) is 39.4. The molecule has 640 valence electrons. The van der Waals surface area contributed by atoms with Crippen molar-refractivity contribution in [3.8, 4) is 45.6 Å². The Labute approximate surface area is 710 Å². The quantitative estimate of drug-likeness (QED) is 0.0397. The van der Waals surface area contributed by atoms with Crippen molar-refractivity contribution in [1.82, 2.24) is 80.8 Å². The van der Waals surface area contributed by atoms with Crippen molar-refractivity contribution in [2.24, 2.45) is 0 Å². The van der Waals surface area contributed by atoms with Crippen LogP contribution < -0.4 is 9.80 Å². The molecular formula is C81H79Br3F12N18O7. The topological polar surface area (TPSA) is 280 Å². The highest BCUT2D eigenvalue weighted by molar-refractivity contribution is 9.11. The second-order valence-corrected chi connectivity index (χ2v) is 31.3. The molecule has 0 unspecified atom stereocenters. The fraction of sp³-hybridized carbons (Fsp3) is 0.321. The molecule has 121 heavy (non-hydrogen) atoms. The average molecular weight is 1880 g/mol. The zero-order valence-electron chi connectivity index (χ0n) is 66.4. The van der Waals surface area contributed by atoms with Gasteiger partial charge in [0.15, 0.2) is 0 Å². The van der Waals surface area contributed by atoms with Crippen LogP contribution in [0.4, 0.5) is 85.0 Å². The van der Waals surface area contributed by atoms with Crippen LogP contribution in [0, 0.1) is 0 Å². The Morgan fingerprint density at radius 1 is 0.388 bits per heavy atom. The third-order valence-electron chi connectivity index (χ3n) is 16.8. The van der Waals surface area contributed by atoms with Gasteiger partial charge in [0.05, 0.1) is 90.5 Å². The van der Waals surface area contributed by atoms with Gasteiger partial charge in [-0.15, -0.1) is 40.8 Å². The summed E-state index contributed by atoms with van der Waals surface area (Å²) in [6, 6.07) is 39.2. The number of aliphatic hydroxyl groups excluding tert-OH is 1. The molecule has 8 aromatic carbocycles. The van der Waals surface area contributed by atoms with Crippen LogP contribution in [0.25, 0.3) is 45.6 Å². The minimum Gasteiger partial charge on any atom is -0.465 e. The van der Waals surface area contributed by atoms with Crippen LogP contribution in [-0.4, -0.2) is 129 Å². The maximum Gasteiger partial charge on any atom is 0.419 e. The zero-order valence-corrected chi connectivity index (χ0v) is 71.1. The maximum atomic E-state index is 13.3. The van der Waals surface area contributed by atoms with Crippen LogP contribution in [0.2, 0.25) is 0 Å². The Hall–Kier alpha value is -11.4. The van der Waals surface area contributed by atoms with Crippen molar-refractivity contribution in [3.63, 3.8) is 0 Å². The van der Waals surface area contributed by atoms with Crippen molar-refractivity contribution in [2.45, 2.75) is 157 Å². The van der Waals surface area contributed by atoms with E-state index in [-0.39, 0.29) is 53.0 Å². The van der Waals surface area contributed by atoms with E-state index in [1.807, 2.05) is 57.2 Å². The number of amides is 2. The number of carbonyl (C=O) groups is 3. The van der Waals surface area contributed by atoms with Gasteiger partial charge >= 0.3 is 42.9 Å². The normalized spacial score (nSPS) is 11.8. The molecule has 0 saturated carbocycles. The van der Waals surface area contributed by atoms with Gasteiger partial charge in [0.2, 0.25) is 23.3 Å². The summed E-state index contributed by atoms with van der Waals surface area (Å²) in [6.45, 7) is 17.9. The Morgan fingerprint density at radius 3 is 0.983 bits per heavy atom. The number of hydrogen-bond donors (Lipinski definition) is 1. The highest BCUT2D eigenvalue weighted by Crippen LogP contribution is 2.42. The van der Waals surface area contributed by atoms with Crippen LogP contribution in [0.1, 0.15) is 136 Å². The number of aryl methyl sites for hydroxylation is 3. The summed E-state index contributed by atoms with van der Waals surface area (Å²) in [5, 5.41) is 58.4. The third-order valence-corrected chi connectivity index (χ3v) is 18.2. The van der Waals surface area contributed by atoms with Crippen LogP contribution >= 0.6 is 47.8 Å². The molecule has 12 rings (SSSR count). The maximum absolute atomic E-state index is 13.3. The summed E-state index contributed by atoms with van der Waals surface area (Å²) in [4.78, 5) is 46.7. The highest BCUT2D eigenvalue weighted by Gasteiger charge is 2.37. The largest absolute Gasteiger partial charge is 0.465 e. The lowest BCUT2D eigenvalue weighted by Crippen LogP contribution is -2.34. The van der Waals surface area contributed by atoms with Gasteiger partial charge in [0.25, 0.3) is 0 Å². The summed E-state index contributed by atoms with van der Waals surface area (Å²) in [5.74, 6) is 0.621. The van der Waals surface area contributed by atoms with Crippen molar-refractivity contribution < 1.29 is 86.4 Å². The summed E-state index contributed by atoms with van der Waals surface area (Å²) in [7, 11) is 1.22. The van der Waals surface area contributed by atoms with Crippen LogP contribution in [0.5, 0.6) is 0 Å². The van der Waals surface area contributed by atoms with E-state index in [0.29, 0.717) is 59.8 Å². The van der Waals surface area contributed by atoms with E-state index in [4.69, 9.17) is 19.3 Å². The molecule has 4 aromatic heterocycles. The molecule has 0 aliphatic carbocycles. The first kappa shape index (κ1) is 93.5. The second kappa shape index (κ2) is 40.3. The molecule has 2 amide bonds. The molecule has 12 aromatic rings. The number of tetrazole rings is 4. The van der Waals surface area contributed by atoms with E-state index in [2.05, 4.69) is 109 Å². The number of methoxy groups -OCH3 is 1. The number of halogens is 15. The first-order valence-electron chi connectivity index (χ1n) is 37.0. The molecule has 0 aliphatic heterocycles. The molecule has 1 N–H and O–H groups in total. The van der Waals surface area contributed by atoms with Crippen molar-refractivity contribution >= 4 is 88.7 Å². The number of alkyl halides is 12. The predicted molar refractivity (Wildman–Crippen MR) is 434 cm³/mol. The number of aromatic nitrogens is 16. The van der Waals surface area contributed by atoms with Gasteiger partial charge in [-0.3, -0.25) is 0 Å². The highest BCUT2D eigenvalue weighted by atomic mass is 79.9. The molecule has 0 saturated heterocycles. The van der Waals surface area contributed by atoms with Gasteiger partial charge < -0.3 is 19.3 Å². The van der Waals surface area contributed by atoms with Crippen LogP contribution in [0.15, 0.2) is 183 Å². The average Bonchev–Trinajstić information content (AvgIpc) is 1.74. The van der Waals surface area contributed by atoms with E-state index >= 15 is 0 Å². The van der Waals surface area contributed by atoms with E-state index in [1.165, 1.54) is 85.8 Å². The predicted octanol–water partition coefficient (Wildman–Crippen LogP) is 21.1. The Bertz CT molecular complexity index is 5330. The molecule has 0 fully saturated rings. The van der Waals surface area contributed by atoms with E-state index in [1.54, 1.807) is 59.7 Å². The number of hydrogen-bond acceptors (Lipinski definition) is 19. The van der Waals surface area contributed by atoms with Crippen molar-refractivity contribution in [3.05, 3.63) is 233 Å². The lowest BCUT2D eigenvalue weighted by molar-refractivity contribution is -0.138. The molecule has 0 radical (unpaired) electrons. The van der Waals surface area contributed by atoms with E-state index in [9.17, 15) is 67.1 Å². The first-order chi connectivity index (χ1) is 56.9. The third kappa shape index (κ3) is 26.3. The lowest BCUT2D eigenvalue weighted by Gasteiger charge is -2.29. The lowest BCUT2D eigenvalue weighted by atomic mass is 9.98. The SMILES string of the molecule is CCCn1nnc(-c2cc(Br)ccc2Cc2ccc(C(F)(F)F)cc2)n1.CCCn1nnc(-c2cc(Br)ccc2N(C(=O)OC(C)(C)C)c2ccc(C(F)(F)F)cc2)n1.CCCn1nnc(-c2cc(C(=O)OC)ccc2N(C(=O)OC(C)(C)C)c2ccc(C(F)(F)F)cc2)n1.OCCn1nnc(-c2cc(Br)ccc2Cc2ccc(C(F)(F)F)cc2)n1. The summed E-state index contributed by atoms with van der Waals surface area (Å²) in [5.41, 5.74) is 1.71. The Balaban J connectivity index is 0.000000185. The van der Waals surface area contributed by atoms with Gasteiger partial charge in [-0.2, -0.15) is 71.9 Å². The van der Waals surface area contributed by atoms with Crippen molar-refractivity contribution in [2.75, 3.05) is 23.5 Å². The zero-order chi connectivity index (χ0) is 88.5. The number of benzene rings is 8. The van der Waals surface area contributed by atoms with Gasteiger partial charge in [0, 0.05) is 35.7 Å². The van der Waals surface area contributed by atoms with Crippen molar-refractivity contribution in [1.29, 1.82) is 0 Å². The van der Waals surface area contributed by atoms with E-state index < -0.39 is 76.3 Å². The fourth-order valence-corrected chi connectivity index (χ4v) is 12.4. The molecule has 0 aliphatic rings. The van der Waals surface area contributed by atoms with Gasteiger partial charge in [0.1, 0.15) is 11.2 Å². The molecule has 0 bridgehead atoms. The molecule has 0 spiro atoms. The molecule has 0 atom stereocenters. The number of nitrogens with zero attached hydrogens (tertiary/aromatic N) is 18. The number of ether oxygens (including phenoxy) is 3. The summed E-state index contributed by atoms with van der Waals surface area (Å²) < 4.78 is 173. The number of rotatable bonds is 21. The number of carbonyl (C=O) groups excluding carboxylic acids is 3. The number of esters is 1. The standard InChI is InChI=1S/C24H26F3N5O4.C22H23BrF3N5O2.C18H16BrF3N4.C17H14BrF3N4O/c1-6-13-31-29-20(28-30-31)18-14-15(21(33)35-5)7-12-19(18)32(22(34)36-23(2,3)4)17-10-8-16(9-11-17)24(25,26)27;1-5-12-30-28-19(27-29-30)17-13-15(23)8-11-18(17)31(20(32)33-21(2,3)4)16-9-6-14(7-10-16)22(24,25)26;1-2-9-26-24-17(23-25-26)16-11-15(19)8-5-13(16)10-12-3-6-14(7-4-12)18(20,21)22;18-14-6-3-12(9-11-1-4-13(5-2-11)17(19,20)21)15(10-14)16-22-24-25(23-16)7-8-26/h7-12,14H,6,13H2,1-5H3;6-11,13H,5,12H2,1-4H3;3-8,11H,2,9-10H2,1H3;1-6,10,26H,7-9H2. The fourth-order valence-electron chi connectivity index (χ4n) is 11.3. The van der Waals surface area contributed by atoms with Gasteiger partial charge in [-0.1, -0.05) is 105 Å². The Kier molecular flexibility index (Phi) is 31.2. The van der Waals surface area contributed by atoms with E-state index in [0.717, 1.165) is 127 Å². The summed E-state index contributed by atoms with van der Waals surface area (Å²) in [6.07, 6.45) is -16.0. The van der Waals surface area contributed by atoms with Crippen LogP contribution in [0.3, 0.4) is 0 Å². The number of aliphatic hydroxyl groups is 1. The van der Waals surface area contributed by atoms with Crippen LogP contribution in [-0.2, 0) is 77.9 Å². The minimum atomic E-state index is -4.55. The molecule has 4 heterocycles. The minimum absolute atomic E-state index is 0.102.